The van der Waals surface area contributed by atoms with Gasteiger partial charge in [-0.15, -0.1) is 0 Å². The Morgan fingerprint density at radius 1 is 1.44 bits per heavy atom. The van der Waals surface area contributed by atoms with Crippen LogP contribution in [-0.2, 0) is 0 Å². The monoisotopic (exact) mass is 254 g/mol. The fourth-order valence-electron chi connectivity index (χ4n) is 2.87. The van der Waals surface area contributed by atoms with Gasteiger partial charge in [-0.05, 0) is 52.2 Å². The third-order valence-electron chi connectivity index (χ3n) is 4.20. The SMILES string of the molecule is CC(N)CCN1CC(C2CCN(C)CC2)NC1=O. The molecule has 2 rings (SSSR count). The van der Waals surface area contributed by atoms with E-state index in [1.54, 1.807) is 0 Å². The maximum absolute atomic E-state index is 11.9. The van der Waals surface area contributed by atoms with Crippen LogP contribution in [0.5, 0.6) is 0 Å². The van der Waals surface area contributed by atoms with Crippen molar-refractivity contribution in [2.24, 2.45) is 11.7 Å². The molecule has 2 unspecified atom stereocenters. The molecule has 2 aliphatic rings. The molecular formula is C13H26N4O. The number of likely N-dealkylation sites (tertiary alicyclic amines) is 1. The van der Waals surface area contributed by atoms with Crippen molar-refractivity contribution in [3.8, 4) is 0 Å². The standard InChI is InChI=1S/C13H26N4O/c1-10(14)3-8-17-9-12(15-13(17)18)11-4-6-16(2)7-5-11/h10-12H,3-9,14H2,1-2H3,(H,15,18). The van der Waals surface area contributed by atoms with Crippen molar-refractivity contribution in [1.82, 2.24) is 15.1 Å². The molecule has 0 radical (unpaired) electrons. The summed E-state index contributed by atoms with van der Waals surface area (Å²) in [4.78, 5) is 16.2. The highest BCUT2D eigenvalue weighted by molar-refractivity contribution is 5.76. The molecule has 18 heavy (non-hydrogen) atoms. The first-order valence-electron chi connectivity index (χ1n) is 7.06. The van der Waals surface area contributed by atoms with Crippen LogP contribution < -0.4 is 11.1 Å². The molecule has 2 fully saturated rings. The summed E-state index contributed by atoms with van der Waals surface area (Å²) < 4.78 is 0. The van der Waals surface area contributed by atoms with Crippen LogP contribution in [0.2, 0.25) is 0 Å². The predicted octanol–water partition coefficient (Wildman–Crippen LogP) is 0.459. The third-order valence-corrected chi connectivity index (χ3v) is 4.20. The minimum atomic E-state index is 0.0968. The predicted molar refractivity (Wildman–Crippen MR) is 72.4 cm³/mol. The van der Waals surface area contributed by atoms with E-state index in [1.807, 2.05) is 11.8 Å². The van der Waals surface area contributed by atoms with E-state index in [0.717, 1.165) is 32.6 Å². The number of urea groups is 1. The Labute approximate surface area is 110 Å². The van der Waals surface area contributed by atoms with Crippen LogP contribution in [0.15, 0.2) is 0 Å². The lowest BCUT2D eigenvalue weighted by molar-refractivity contribution is 0.191. The van der Waals surface area contributed by atoms with Crippen LogP contribution in [0.3, 0.4) is 0 Å². The summed E-state index contributed by atoms with van der Waals surface area (Å²) in [5.74, 6) is 0.644. The van der Waals surface area contributed by atoms with Crippen LogP contribution in [0, 0.1) is 5.92 Å². The average molecular weight is 254 g/mol. The van der Waals surface area contributed by atoms with Crippen LogP contribution in [0.4, 0.5) is 4.79 Å². The zero-order valence-electron chi connectivity index (χ0n) is 11.6. The van der Waals surface area contributed by atoms with Gasteiger partial charge in [0.2, 0.25) is 0 Å². The summed E-state index contributed by atoms with van der Waals surface area (Å²) in [7, 11) is 2.17. The van der Waals surface area contributed by atoms with Gasteiger partial charge in [0, 0.05) is 19.1 Å². The van der Waals surface area contributed by atoms with Crippen molar-refractivity contribution < 1.29 is 4.79 Å². The summed E-state index contributed by atoms with van der Waals surface area (Å²) in [6.07, 6.45) is 3.28. The molecule has 0 aromatic carbocycles. The van der Waals surface area contributed by atoms with Crippen LogP contribution in [0.1, 0.15) is 26.2 Å². The quantitative estimate of drug-likeness (QED) is 0.766. The van der Waals surface area contributed by atoms with E-state index in [-0.39, 0.29) is 12.1 Å². The third kappa shape index (κ3) is 3.36. The number of amides is 2. The van der Waals surface area contributed by atoms with E-state index in [4.69, 9.17) is 5.73 Å². The Balaban J connectivity index is 1.80. The van der Waals surface area contributed by atoms with Gasteiger partial charge in [0.25, 0.3) is 0 Å². The van der Waals surface area contributed by atoms with Gasteiger partial charge in [-0.1, -0.05) is 0 Å². The molecule has 2 amide bonds. The number of hydrogen-bond donors (Lipinski definition) is 2. The maximum atomic E-state index is 11.9. The van der Waals surface area contributed by atoms with E-state index in [9.17, 15) is 4.79 Å². The fourth-order valence-corrected chi connectivity index (χ4v) is 2.87. The van der Waals surface area contributed by atoms with Crippen LogP contribution in [-0.4, -0.2) is 61.1 Å². The summed E-state index contributed by atoms with van der Waals surface area (Å²) in [6.45, 7) is 5.93. The number of rotatable bonds is 4. The number of piperidine rings is 1. The van der Waals surface area contributed by atoms with Crippen molar-refractivity contribution in [2.45, 2.75) is 38.3 Å². The van der Waals surface area contributed by atoms with Gasteiger partial charge in [0.1, 0.15) is 0 Å². The lowest BCUT2D eigenvalue weighted by Gasteiger charge is -2.32. The van der Waals surface area contributed by atoms with Crippen molar-refractivity contribution in [2.75, 3.05) is 33.2 Å². The van der Waals surface area contributed by atoms with E-state index in [2.05, 4.69) is 17.3 Å². The Bertz CT molecular complexity index is 287. The molecule has 5 heteroatoms. The second-order valence-electron chi connectivity index (χ2n) is 5.91. The van der Waals surface area contributed by atoms with Crippen molar-refractivity contribution >= 4 is 6.03 Å². The normalized spacial score (nSPS) is 28.5. The molecule has 104 valence electrons. The van der Waals surface area contributed by atoms with Crippen molar-refractivity contribution in [3.63, 3.8) is 0 Å². The molecule has 2 heterocycles. The van der Waals surface area contributed by atoms with Gasteiger partial charge >= 0.3 is 6.03 Å². The first-order chi connectivity index (χ1) is 8.56. The molecule has 0 aromatic rings. The highest BCUT2D eigenvalue weighted by atomic mass is 16.2. The lowest BCUT2D eigenvalue weighted by Crippen LogP contribution is -2.41. The molecule has 3 N–H and O–H groups in total. The molecule has 2 atom stereocenters. The molecule has 0 aliphatic carbocycles. The molecule has 0 spiro atoms. The zero-order chi connectivity index (χ0) is 13.1. The second kappa shape index (κ2) is 5.89. The second-order valence-corrected chi connectivity index (χ2v) is 5.91. The number of nitrogens with one attached hydrogen (secondary N) is 1. The molecule has 5 nitrogen and oxygen atoms in total. The van der Waals surface area contributed by atoms with Gasteiger partial charge in [0.05, 0.1) is 6.04 Å². The zero-order valence-corrected chi connectivity index (χ0v) is 11.6. The van der Waals surface area contributed by atoms with Gasteiger partial charge in [0.15, 0.2) is 0 Å². The fraction of sp³-hybridized carbons (Fsp3) is 0.923. The lowest BCUT2D eigenvalue weighted by atomic mass is 9.90. The largest absolute Gasteiger partial charge is 0.333 e. The molecule has 2 saturated heterocycles. The number of carbonyl (C=O) groups excluding carboxylic acids is 1. The average Bonchev–Trinajstić information content (AvgIpc) is 2.69. The highest BCUT2D eigenvalue weighted by Crippen LogP contribution is 2.23. The van der Waals surface area contributed by atoms with E-state index in [0.29, 0.717) is 12.0 Å². The Morgan fingerprint density at radius 2 is 2.11 bits per heavy atom. The number of carbonyl (C=O) groups is 1. The van der Waals surface area contributed by atoms with Gasteiger partial charge in [-0.2, -0.15) is 0 Å². The summed E-state index contributed by atoms with van der Waals surface area (Å²) in [5, 5.41) is 3.14. The van der Waals surface area contributed by atoms with Crippen LogP contribution in [0.25, 0.3) is 0 Å². The minimum absolute atomic E-state index is 0.0968. The van der Waals surface area contributed by atoms with Gasteiger partial charge in [-0.3, -0.25) is 0 Å². The summed E-state index contributed by atoms with van der Waals surface area (Å²) in [5.41, 5.74) is 5.74. The Morgan fingerprint density at radius 3 is 2.72 bits per heavy atom. The summed E-state index contributed by atoms with van der Waals surface area (Å²) >= 11 is 0. The Hall–Kier alpha value is -0.810. The molecule has 0 saturated carbocycles. The van der Waals surface area contributed by atoms with E-state index >= 15 is 0 Å². The van der Waals surface area contributed by atoms with Gasteiger partial charge < -0.3 is 20.9 Å². The van der Waals surface area contributed by atoms with Crippen LogP contribution >= 0.6 is 0 Å². The minimum Gasteiger partial charge on any atom is -0.333 e. The number of nitrogens with zero attached hydrogens (tertiary/aromatic N) is 2. The Kier molecular flexibility index (Phi) is 4.45. The van der Waals surface area contributed by atoms with Crippen molar-refractivity contribution in [3.05, 3.63) is 0 Å². The van der Waals surface area contributed by atoms with Gasteiger partial charge in [-0.25, -0.2) is 4.79 Å². The highest BCUT2D eigenvalue weighted by Gasteiger charge is 2.34. The molecule has 2 aliphatic heterocycles. The smallest absolute Gasteiger partial charge is 0.317 e. The summed E-state index contributed by atoms with van der Waals surface area (Å²) in [6, 6.07) is 0.610. The topological polar surface area (TPSA) is 61.6 Å². The number of hydrogen-bond acceptors (Lipinski definition) is 3. The first kappa shape index (κ1) is 13.6. The van der Waals surface area contributed by atoms with E-state index < -0.39 is 0 Å². The number of nitrogens with two attached hydrogens (primary N) is 1. The molecular weight excluding hydrogens is 228 g/mol. The maximum Gasteiger partial charge on any atom is 0.317 e. The first-order valence-corrected chi connectivity index (χ1v) is 7.06. The molecule has 0 bridgehead atoms. The molecule has 0 aromatic heterocycles. The van der Waals surface area contributed by atoms with Crippen molar-refractivity contribution in [1.29, 1.82) is 0 Å². The van der Waals surface area contributed by atoms with E-state index in [1.165, 1.54) is 12.8 Å².